The van der Waals surface area contributed by atoms with Gasteiger partial charge in [0.05, 0.1) is 12.2 Å². The molecule has 0 spiro atoms. The second kappa shape index (κ2) is 3.85. The highest BCUT2D eigenvalue weighted by Gasteiger charge is 2.66. The monoisotopic (exact) mass is 261 g/mol. The smallest absolute Gasteiger partial charge is 0.248 e. The van der Waals surface area contributed by atoms with Gasteiger partial charge in [0, 0.05) is 19.2 Å². The molecular formula is C16H23NO2. The van der Waals surface area contributed by atoms with E-state index < -0.39 is 0 Å². The number of ether oxygens (including phenoxy) is 1. The average molecular weight is 261 g/mol. The van der Waals surface area contributed by atoms with Crippen LogP contribution in [0.5, 0.6) is 0 Å². The van der Waals surface area contributed by atoms with Crippen molar-refractivity contribution in [2.75, 3.05) is 13.6 Å². The van der Waals surface area contributed by atoms with Crippen LogP contribution in [0.1, 0.15) is 26.2 Å². The predicted octanol–water partition coefficient (Wildman–Crippen LogP) is 2.08. The van der Waals surface area contributed by atoms with E-state index >= 15 is 0 Å². The zero-order chi connectivity index (χ0) is 13.3. The standard InChI is InChI=1S/C16H23NO2/c1-8(2)16(18)17(3)7-10-4-9-5-11(10)12-6-13-15(19-13)14(9)12/h9-15H,1,4-7H2,2-3H3. The van der Waals surface area contributed by atoms with Crippen molar-refractivity contribution in [1.82, 2.24) is 4.90 Å². The first-order chi connectivity index (χ1) is 9.06. The minimum atomic E-state index is 0.108. The molecule has 4 rings (SSSR count). The van der Waals surface area contributed by atoms with E-state index in [1.54, 1.807) is 6.92 Å². The van der Waals surface area contributed by atoms with Gasteiger partial charge in [0.25, 0.3) is 0 Å². The molecule has 7 atom stereocenters. The number of rotatable bonds is 3. The Hall–Kier alpha value is -0.830. The lowest BCUT2D eigenvalue weighted by Gasteiger charge is -2.34. The summed E-state index contributed by atoms with van der Waals surface area (Å²) < 4.78 is 5.73. The molecule has 1 amide bonds. The number of carbonyl (C=O) groups excluding carboxylic acids is 1. The third-order valence-corrected chi connectivity index (χ3v) is 6.10. The Balaban J connectivity index is 1.42. The van der Waals surface area contributed by atoms with E-state index in [1.807, 2.05) is 11.9 Å². The van der Waals surface area contributed by atoms with E-state index in [1.165, 1.54) is 19.3 Å². The van der Waals surface area contributed by atoms with Crippen molar-refractivity contribution in [2.45, 2.75) is 38.4 Å². The molecule has 1 heterocycles. The average Bonchev–Trinajstić information content (AvgIpc) is 2.75. The molecule has 3 aliphatic carbocycles. The quantitative estimate of drug-likeness (QED) is 0.575. The maximum atomic E-state index is 11.9. The molecule has 1 aliphatic heterocycles. The van der Waals surface area contributed by atoms with E-state index in [0.29, 0.717) is 17.8 Å². The SMILES string of the molecule is C=C(C)C(=O)N(C)CC1CC2CC1C1CC3OC3C21. The Kier molecular flexibility index (Phi) is 2.42. The highest BCUT2D eigenvalue weighted by atomic mass is 16.6. The van der Waals surface area contributed by atoms with Gasteiger partial charge < -0.3 is 9.64 Å². The summed E-state index contributed by atoms with van der Waals surface area (Å²) in [5.41, 5.74) is 0.652. The van der Waals surface area contributed by atoms with Crippen LogP contribution in [0, 0.1) is 29.6 Å². The van der Waals surface area contributed by atoms with E-state index in [-0.39, 0.29) is 5.91 Å². The summed E-state index contributed by atoms with van der Waals surface area (Å²) in [6.45, 7) is 6.49. The molecule has 4 fully saturated rings. The Morgan fingerprint density at radius 3 is 2.84 bits per heavy atom. The first kappa shape index (κ1) is 12.0. The molecule has 0 aromatic carbocycles. The normalized spacial score (nSPS) is 48.8. The predicted molar refractivity (Wildman–Crippen MR) is 72.4 cm³/mol. The van der Waals surface area contributed by atoms with Crippen molar-refractivity contribution in [3.05, 3.63) is 12.2 Å². The Labute approximate surface area is 115 Å². The second-order valence-corrected chi connectivity index (χ2v) is 7.24. The minimum Gasteiger partial charge on any atom is -0.369 e. The molecule has 19 heavy (non-hydrogen) atoms. The molecule has 7 unspecified atom stereocenters. The fraction of sp³-hybridized carbons (Fsp3) is 0.812. The van der Waals surface area contributed by atoms with Crippen molar-refractivity contribution >= 4 is 5.91 Å². The van der Waals surface area contributed by atoms with Gasteiger partial charge in [-0.3, -0.25) is 4.79 Å². The first-order valence-electron chi connectivity index (χ1n) is 7.62. The van der Waals surface area contributed by atoms with Crippen LogP contribution in [-0.2, 0) is 9.53 Å². The van der Waals surface area contributed by atoms with E-state index in [0.717, 1.165) is 36.1 Å². The lowest BCUT2D eigenvalue weighted by atomic mass is 9.75. The third-order valence-electron chi connectivity index (χ3n) is 6.10. The molecule has 3 heteroatoms. The molecule has 104 valence electrons. The molecule has 0 aromatic heterocycles. The maximum Gasteiger partial charge on any atom is 0.248 e. The number of carbonyl (C=O) groups is 1. The number of hydrogen-bond donors (Lipinski definition) is 0. The lowest BCUT2D eigenvalue weighted by Crippen LogP contribution is -2.37. The topological polar surface area (TPSA) is 32.8 Å². The fourth-order valence-corrected chi connectivity index (χ4v) is 5.44. The molecule has 0 N–H and O–H groups in total. The van der Waals surface area contributed by atoms with Gasteiger partial charge in [0.1, 0.15) is 0 Å². The largest absolute Gasteiger partial charge is 0.369 e. The van der Waals surface area contributed by atoms with Crippen molar-refractivity contribution in [3.8, 4) is 0 Å². The second-order valence-electron chi connectivity index (χ2n) is 7.24. The van der Waals surface area contributed by atoms with Crippen molar-refractivity contribution in [3.63, 3.8) is 0 Å². The van der Waals surface area contributed by atoms with E-state index in [4.69, 9.17) is 4.74 Å². The summed E-state index contributed by atoms with van der Waals surface area (Å²) in [7, 11) is 1.93. The highest BCUT2D eigenvalue weighted by molar-refractivity contribution is 5.91. The Morgan fingerprint density at radius 1 is 1.32 bits per heavy atom. The number of amides is 1. The fourth-order valence-electron chi connectivity index (χ4n) is 5.44. The van der Waals surface area contributed by atoms with E-state index in [9.17, 15) is 4.79 Å². The van der Waals surface area contributed by atoms with Crippen LogP contribution in [-0.4, -0.2) is 36.6 Å². The summed E-state index contributed by atoms with van der Waals surface area (Å²) in [6.07, 6.45) is 5.23. The molecule has 3 nitrogen and oxygen atoms in total. The van der Waals surface area contributed by atoms with Gasteiger partial charge in [-0.1, -0.05) is 6.58 Å². The van der Waals surface area contributed by atoms with E-state index in [2.05, 4.69) is 6.58 Å². The van der Waals surface area contributed by atoms with Crippen LogP contribution < -0.4 is 0 Å². The first-order valence-corrected chi connectivity index (χ1v) is 7.62. The molecular weight excluding hydrogens is 238 g/mol. The van der Waals surface area contributed by atoms with Crippen molar-refractivity contribution in [1.29, 1.82) is 0 Å². The van der Waals surface area contributed by atoms with Crippen molar-refractivity contribution in [2.24, 2.45) is 29.6 Å². The molecule has 0 radical (unpaired) electrons. The van der Waals surface area contributed by atoms with Crippen LogP contribution in [0.15, 0.2) is 12.2 Å². The summed E-state index contributed by atoms with van der Waals surface area (Å²) in [5, 5.41) is 0. The summed E-state index contributed by atoms with van der Waals surface area (Å²) in [5.74, 6) is 4.33. The number of nitrogens with zero attached hydrogens (tertiary/aromatic N) is 1. The van der Waals surface area contributed by atoms with Gasteiger partial charge >= 0.3 is 0 Å². The van der Waals surface area contributed by atoms with Gasteiger partial charge in [-0.15, -0.1) is 0 Å². The van der Waals surface area contributed by atoms with Crippen LogP contribution >= 0.6 is 0 Å². The van der Waals surface area contributed by atoms with Crippen molar-refractivity contribution < 1.29 is 9.53 Å². The molecule has 4 aliphatic rings. The Morgan fingerprint density at radius 2 is 2.11 bits per heavy atom. The minimum absolute atomic E-state index is 0.108. The van der Waals surface area contributed by atoms with Gasteiger partial charge in [-0.05, 0) is 55.8 Å². The van der Waals surface area contributed by atoms with Crippen LogP contribution in [0.2, 0.25) is 0 Å². The van der Waals surface area contributed by atoms with Gasteiger partial charge in [0.2, 0.25) is 5.91 Å². The zero-order valence-corrected chi connectivity index (χ0v) is 11.8. The third kappa shape index (κ3) is 1.63. The zero-order valence-electron chi connectivity index (χ0n) is 11.8. The van der Waals surface area contributed by atoms with Gasteiger partial charge in [-0.2, -0.15) is 0 Å². The summed E-state index contributed by atoms with van der Waals surface area (Å²) in [4.78, 5) is 13.8. The molecule has 1 saturated heterocycles. The lowest BCUT2D eigenvalue weighted by molar-refractivity contribution is -0.126. The molecule has 0 aromatic rings. The number of likely N-dealkylation sites (N-methyl/N-ethyl adjacent to an activating group) is 1. The van der Waals surface area contributed by atoms with Crippen LogP contribution in [0.4, 0.5) is 0 Å². The Bertz CT molecular complexity index is 446. The maximum absolute atomic E-state index is 11.9. The van der Waals surface area contributed by atoms with Gasteiger partial charge in [-0.25, -0.2) is 0 Å². The number of epoxide rings is 1. The van der Waals surface area contributed by atoms with Crippen LogP contribution in [0.25, 0.3) is 0 Å². The van der Waals surface area contributed by atoms with Crippen LogP contribution in [0.3, 0.4) is 0 Å². The summed E-state index contributed by atoms with van der Waals surface area (Å²) in [6, 6.07) is 0. The molecule has 2 bridgehead atoms. The molecule has 3 saturated carbocycles. The highest BCUT2D eigenvalue weighted by Crippen LogP contribution is 2.65. The number of fused-ring (bicyclic) bond motifs is 7. The summed E-state index contributed by atoms with van der Waals surface area (Å²) >= 11 is 0. The number of hydrogen-bond acceptors (Lipinski definition) is 2. The van der Waals surface area contributed by atoms with Gasteiger partial charge in [0.15, 0.2) is 0 Å².